The first kappa shape index (κ1) is 33.1. The van der Waals surface area contributed by atoms with Gasteiger partial charge in [-0.25, -0.2) is 16.8 Å². The number of aliphatic hydroxyl groups is 1. The van der Waals surface area contributed by atoms with Crippen molar-refractivity contribution in [2.45, 2.75) is 75.9 Å². The summed E-state index contributed by atoms with van der Waals surface area (Å²) in [6, 6.07) is 6.04. The van der Waals surface area contributed by atoms with Crippen LogP contribution in [0.5, 0.6) is 0 Å². The highest BCUT2D eigenvalue weighted by Crippen LogP contribution is 2.22. The number of sulfonamides is 1. The van der Waals surface area contributed by atoms with Gasteiger partial charge >= 0.3 is 0 Å². The van der Waals surface area contributed by atoms with Crippen molar-refractivity contribution in [2.24, 2.45) is 5.92 Å². The van der Waals surface area contributed by atoms with E-state index in [2.05, 4.69) is 16.0 Å². The predicted molar refractivity (Wildman–Crippen MR) is 151 cm³/mol. The first-order valence-corrected chi connectivity index (χ1v) is 16.9. The van der Waals surface area contributed by atoms with Crippen LogP contribution in [0, 0.1) is 5.92 Å². The van der Waals surface area contributed by atoms with E-state index in [0.717, 1.165) is 28.8 Å². The predicted octanol–water partition coefficient (Wildman–Crippen LogP) is 0.0524. The third-order valence-corrected chi connectivity index (χ3v) is 10.5. The van der Waals surface area contributed by atoms with Gasteiger partial charge in [-0.1, -0.05) is 44.2 Å². The van der Waals surface area contributed by atoms with Crippen LogP contribution < -0.4 is 16.0 Å². The maximum Gasteiger partial charge on any atom is 0.244 e. The molecule has 1 aromatic carbocycles. The maximum atomic E-state index is 13.7. The summed E-state index contributed by atoms with van der Waals surface area (Å²) in [5, 5.41) is 19.6. The van der Waals surface area contributed by atoms with Gasteiger partial charge in [0.05, 0.1) is 29.2 Å². The normalized spacial score (nSPS) is 19.1. The van der Waals surface area contributed by atoms with E-state index in [1.165, 1.54) is 13.8 Å². The number of hydrogen-bond donors (Lipinski definition) is 4. The summed E-state index contributed by atoms with van der Waals surface area (Å²) in [6.07, 6.45) is 2.23. The van der Waals surface area contributed by atoms with Gasteiger partial charge in [0.2, 0.25) is 21.8 Å². The zero-order valence-electron chi connectivity index (χ0n) is 23.7. The Morgan fingerprint density at radius 2 is 1.69 bits per heavy atom. The quantitative estimate of drug-likeness (QED) is 0.237. The second-order valence-corrected chi connectivity index (χ2v) is 15.9. The lowest BCUT2D eigenvalue weighted by molar-refractivity contribution is -0.131. The van der Waals surface area contributed by atoms with Gasteiger partial charge in [-0.15, -0.1) is 0 Å². The summed E-state index contributed by atoms with van der Waals surface area (Å²) in [7, 11) is -7.49. The summed E-state index contributed by atoms with van der Waals surface area (Å²) in [5.74, 6) is -1.27. The molecule has 0 aromatic heterocycles. The largest absolute Gasteiger partial charge is 0.390 e. The Labute approximate surface area is 233 Å². The van der Waals surface area contributed by atoms with Crippen LogP contribution in [0.1, 0.15) is 46.1 Å². The van der Waals surface area contributed by atoms with Crippen molar-refractivity contribution >= 4 is 31.7 Å². The lowest BCUT2D eigenvalue weighted by Crippen LogP contribution is -2.64. The Kier molecular flexibility index (Phi) is 11.5. The number of carbonyl (C=O) groups excluding carboxylic acids is 2. The summed E-state index contributed by atoms with van der Waals surface area (Å²) in [5.41, 5.74) is 0.773. The van der Waals surface area contributed by atoms with Crippen LogP contribution in [0.3, 0.4) is 0 Å². The fourth-order valence-corrected chi connectivity index (χ4v) is 6.01. The van der Waals surface area contributed by atoms with Crippen LogP contribution in [-0.2, 0) is 35.9 Å². The van der Waals surface area contributed by atoms with Crippen molar-refractivity contribution in [2.75, 3.05) is 32.1 Å². The summed E-state index contributed by atoms with van der Waals surface area (Å²) in [4.78, 5) is 26.6. The average Bonchev–Trinajstić information content (AvgIpc) is 3.35. The van der Waals surface area contributed by atoms with Gasteiger partial charge in [0, 0.05) is 19.3 Å². The van der Waals surface area contributed by atoms with Crippen molar-refractivity contribution in [3.63, 3.8) is 0 Å². The highest BCUT2D eigenvalue weighted by Gasteiger charge is 2.46. The third kappa shape index (κ3) is 9.52. The van der Waals surface area contributed by atoms with Crippen LogP contribution in [0.15, 0.2) is 30.3 Å². The molecule has 222 valence electrons. The summed E-state index contributed by atoms with van der Waals surface area (Å²) in [6.45, 7) is 6.99. The number of rotatable bonds is 14. The molecule has 0 aliphatic carbocycles. The minimum atomic E-state index is -3.83. The Morgan fingerprint density at radius 1 is 1.08 bits per heavy atom. The number of benzene rings is 1. The average molecular weight is 589 g/mol. The molecule has 1 heterocycles. The number of nitrogens with one attached hydrogen (secondary N) is 3. The smallest absolute Gasteiger partial charge is 0.244 e. The summed E-state index contributed by atoms with van der Waals surface area (Å²) < 4.78 is 49.7. The van der Waals surface area contributed by atoms with E-state index in [-0.39, 0.29) is 25.4 Å². The van der Waals surface area contributed by atoms with Gasteiger partial charge in [0.15, 0.2) is 9.84 Å². The molecule has 1 aromatic rings. The number of amides is 2. The van der Waals surface area contributed by atoms with E-state index in [1.54, 1.807) is 24.3 Å². The SMILES string of the molecule is CC(C)CN(CC(O)[C@H](Cc1ccccc1)NC(=O)C(NC(=O)[C@@H]1CCCN1)C(C)(C)S(C)(=O)=O)S(C)(=O)=O. The minimum Gasteiger partial charge on any atom is -0.390 e. The zero-order valence-corrected chi connectivity index (χ0v) is 25.3. The van der Waals surface area contributed by atoms with Crippen molar-refractivity contribution in [3.05, 3.63) is 35.9 Å². The van der Waals surface area contributed by atoms with Crippen LogP contribution >= 0.6 is 0 Å². The second-order valence-electron chi connectivity index (χ2n) is 11.3. The Hall–Kier alpha value is -2.06. The molecule has 0 spiro atoms. The van der Waals surface area contributed by atoms with Gasteiger partial charge in [-0.2, -0.15) is 4.31 Å². The number of aliphatic hydroxyl groups excluding tert-OH is 1. The first-order valence-electron chi connectivity index (χ1n) is 13.1. The van der Waals surface area contributed by atoms with Gasteiger partial charge < -0.3 is 21.1 Å². The highest BCUT2D eigenvalue weighted by molar-refractivity contribution is 7.92. The van der Waals surface area contributed by atoms with Crippen LogP contribution in [0.4, 0.5) is 0 Å². The van der Waals surface area contributed by atoms with Crippen molar-refractivity contribution < 1.29 is 31.5 Å². The lowest BCUT2D eigenvalue weighted by atomic mass is 9.97. The molecule has 0 saturated carbocycles. The molecule has 1 aliphatic heterocycles. The maximum absolute atomic E-state index is 13.7. The van der Waals surface area contributed by atoms with E-state index < -0.39 is 60.7 Å². The summed E-state index contributed by atoms with van der Waals surface area (Å²) >= 11 is 0. The molecule has 4 atom stereocenters. The molecule has 1 saturated heterocycles. The van der Waals surface area contributed by atoms with E-state index in [4.69, 9.17) is 0 Å². The fourth-order valence-electron chi connectivity index (χ4n) is 4.43. The fraction of sp³-hybridized carbons (Fsp3) is 0.692. The standard InChI is InChI=1S/C26H44N4O7S2/c1-18(2)16-30(39(6,36)37)17-22(31)21(15-19-11-8-7-9-12-19)28-25(33)23(26(3,4)38(5,34)35)29-24(32)20-13-10-14-27-20/h7-9,11-12,18,20-23,27,31H,10,13-17H2,1-6H3,(H,28,33)(H,29,32)/t20-,21-,22?,23?/m0/s1. The number of sulfone groups is 1. The first-order chi connectivity index (χ1) is 17.9. The molecule has 2 unspecified atom stereocenters. The molecule has 0 radical (unpaired) electrons. The Bertz CT molecular complexity index is 1180. The van der Waals surface area contributed by atoms with Gasteiger partial charge in [-0.3, -0.25) is 9.59 Å². The van der Waals surface area contributed by atoms with Crippen molar-refractivity contribution in [1.29, 1.82) is 0 Å². The third-order valence-electron chi connectivity index (χ3n) is 7.10. The molecule has 2 rings (SSSR count). The topological polar surface area (TPSA) is 162 Å². The van der Waals surface area contributed by atoms with E-state index >= 15 is 0 Å². The van der Waals surface area contributed by atoms with Crippen molar-refractivity contribution in [3.8, 4) is 0 Å². The van der Waals surface area contributed by atoms with Gasteiger partial charge in [0.25, 0.3) is 0 Å². The zero-order chi connectivity index (χ0) is 29.6. The van der Waals surface area contributed by atoms with Crippen LogP contribution in [-0.4, -0.2) is 99.2 Å². The van der Waals surface area contributed by atoms with E-state index in [1.807, 2.05) is 19.9 Å². The highest BCUT2D eigenvalue weighted by atomic mass is 32.2. The molecule has 0 bridgehead atoms. The lowest BCUT2D eigenvalue weighted by Gasteiger charge is -2.35. The van der Waals surface area contributed by atoms with Crippen molar-refractivity contribution in [1.82, 2.24) is 20.3 Å². The molecule has 13 heteroatoms. The number of nitrogens with zero attached hydrogens (tertiary/aromatic N) is 1. The Balaban J connectivity index is 2.40. The van der Waals surface area contributed by atoms with E-state index in [9.17, 15) is 31.5 Å². The van der Waals surface area contributed by atoms with Crippen LogP contribution in [0.2, 0.25) is 0 Å². The van der Waals surface area contributed by atoms with E-state index in [0.29, 0.717) is 13.0 Å². The molecule has 11 nitrogen and oxygen atoms in total. The molecule has 39 heavy (non-hydrogen) atoms. The van der Waals surface area contributed by atoms with Gasteiger partial charge in [-0.05, 0) is 51.1 Å². The van der Waals surface area contributed by atoms with Gasteiger partial charge in [0.1, 0.15) is 6.04 Å². The monoisotopic (exact) mass is 588 g/mol. The molecule has 1 aliphatic rings. The minimum absolute atomic E-state index is 0.00607. The Morgan fingerprint density at radius 3 is 2.18 bits per heavy atom. The second kappa shape index (κ2) is 13.5. The molecule has 2 amide bonds. The number of hydrogen-bond acceptors (Lipinski definition) is 8. The molecule has 1 fully saturated rings. The molecular weight excluding hydrogens is 544 g/mol. The molecule has 4 N–H and O–H groups in total. The van der Waals surface area contributed by atoms with Crippen LogP contribution in [0.25, 0.3) is 0 Å². The molecular formula is C26H44N4O7S2. The number of carbonyl (C=O) groups is 2.